The normalized spacial score (nSPS) is 17.2. The summed E-state index contributed by atoms with van der Waals surface area (Å²) in [6.07, 6.45) is 9.31. The van der Waals surface area contributed by atoms with Crippen molar-refractivity contribution in [3.8, 4) is 0 Å². The van der Waals surface area contributed by atoms with E-state index in [4.69, 9.17) is 5.73 Å². The molecule has 1 aliphatic heterocycles. The molecule has 5 nitrogen and oxygen atoms in total. The molecule has 0 atom stereocenters. The number of allylic oxidation sites excluding steroid dienone is 1. The van der Waals surface area contributed by atoms with Crippen molar-refractivity contribution in [3.63, 3.8) is 0 Å². The third-order valence-electron chi connectivity index (χ3n) is 4.07. The summed E-state index contributed by atoms with van der Waals surface area (Å²) in [5.74, 6) is 1.31. The first-order chi connectivity index (χ1) is 9.83. The van der Waals surface area contributed by atoms with Crippen LogP contribution in [0.4, 0.5) is 11.8 Å². The quantitative estimate of drug-likeness (QED) is 0.733. The first-order valence-corrected chi connectivity index (χ1v) is 7.60. The Kier molecular flexibility index (Phi) is 7.93. The zero-order chi connectivity index (χ0) is 13.8. The highest BCUT2D eigenvalue weighted by Gasteiger charge is 2.16. The van der Waals surface area contributed by atoms with Crippen LogP contribution < -0.4 is 16.4 Å². The molecule has 0 unspecified atom stereocenters. The van der Waals surface area contributed by atoms with E-state index in [9.17, 15) is 0 Å². The summed E-state index contributed by atoms with van der Waals surface area (Å²) in [5.41, 5.74) is 9.68. The number of aromatic nitrogens is 2. The van der Waals surface area contributed by atoms with Gasteiger partial charge >= 0.3 is 0 Å². The summed E-state index contributed by atoms with van der Waals surface area (Å²) in [4.78, 5) is 8.81. The monoisotopic (exact) mass is 345 g/mol. The Morgan fingerprint density at radius 2 is 1.91 bits per heavy atom. The molecule has 4 N–H and O–H groups in total. The number of anilines is 2. The average Bonchev–Trinajstić information content (AvgIpc) is 2.71. The predicted octanol–water partition coefficient (Wildman–Crippen LogP) is 2.50. The molecule has 0 bridgehead atoms. The van der Waals surface area contributed by atoms with Crippen LogP contribution in [-0.4, -0.2) is 29.6 Å². The lowest BCUT2D eigenvalue weighted by Crippen LogP contribution is -2.16. The van der Waals surface area contributed by atoms with Crippen molar-refractivity contribution in [2.75, 3.05) is 30.7 Å². The lowest BCUT2D eigenvalue weighted by atomic mass is 9.99. The highest BCUT2D eigenvalue weighted by Crippen LogP contribution is 2.22. The summed E-state index contributed by atoms with van der Waals surface area (Å²) < 4.78 is 0. The zero-order valence-corrected chi connectivity index (χ0v) is 14.4. The number of fused-ring (bicyclic) bond motifs is 1. The summed E-state index contributed by atoms with van der Waals surface area (Å²) in [7, 11) is 0. The van der Waals surface area contributed by atoms with E-state index in [-0.39, 0.29) is 24.8 Å². The molecule has 0 amide bonds. The van der Waals surface area contributed by atoms with Gasteiger partial charge in [-0.25, -0.2) is 4.98 Å². The number of nitrogen functional groups attached to an aromatic ring is 1. The van der Waals surface area contributed by atoms with Crippen molar-refractivity contribution in [2.45, 2.75) is 38.5 Å². The van der Waals surface area contributed by atoms with Crippen LogP contribution in [0.3, 0.4) is 0 Å². The van der Waals surface area contributed by atoms with E-state index in [0.29, 0.717) is 5.95 Å². The van der Waals surface area contributed by atoms with E-state index < -0.39 is 0 Å². The lowest BCUT2D eigenvalue weighted by Gasteiger charge is -2.16. The molecule has 2 heterocycles. The van der Waals surface area contributed by atoms with Crippen LogP contribution in [0.15, 0.2) is 11.6 Å². The maximum absolute atomic E-state index is 5.85. The Balaban J connectivity index is 0.00000121. The Labute approximate surface area is 144 Å². The molecule has 2 aliphatic rings. The Morgan fingerprint density at radius 3 is 2.68 bits per heavy atom. The van der Waals surface area contributed by atoms with Crippen molar-refractivity contribution >= 4 is 36.6 Å². The molecule has 1 aromatic rings. The van der Waals surface area contributed by atoms with Crippen LogP contribution in [0.5, 0.6) is 0 Å². The molecule has 1 aromatic heterocycles. The minimum atomic E-state index is 0. The Hall–Kier alpha value is -1.04. The fraction of sp³-hybridized carbons (Fsp3) is 0.600. The van der Waals surface area contributed by atoms with Gasteiger partial charge in [0.25, 0.3) is 0 Å². The van der Waals surface area contributed by atoms with Crippen LogP contribution in [0.2, 0.25) is 0 Å². The summed E-state index contributed by atoms with van der Waals surface area (Å²) >= 11 is 0. The first kappa shape index (κ1) is 19.0. The van der Waals surface area contributed by atoms with Gasteiger partial charge in [0.15, 0.2) is 0 Å². The number of hydrogen-bond acceptors (Lipinski definition) is 5. The highest BCUT2D eigenvalue weighted by atomic mass is 35.5. The summed E-state index contributed by atoms with van der Waals surface area (Å²) in [5, 5.41) is 6.88. The highest BCUT2D eigenvalue weighted by molar-refractivity contribution is 5.85. The summed E-state index contributed by atoms with van der Waals surface area (Å²) in [6, 6.07) is 0. The molecule has 0 saturated carbocycles. The molecular formula is C15H25Cl2N5. The maximum atomic E-state index is 5.85. The van der Waals surface area contributed by atoms with Gasteiger partial charge in [0.2, 0.25) is 5.95 Å². The van der Waals surface area contributed by atoms with Gasteiger partial charge in [-0.15, -0.1) is 24.8 Å². The van der Waals surface area contributed by atoms with Crippen LogP contribution in [-0.2, 0) is 12.8 Å². The minimum Gasteiger partial charge on any atom is -0.368 e. The second kappa shape index (κ2) is 9.18. The van der Waals surface area contributed by atoms with Crippen LogP contribution in [0, 0.1) is 0 Å². The molecule has 0 fully saturated rings. The topological polar surface area (TPSA) is 75.9 Å². The van der Waals surface area contributed by atoms with Crippen molar-refractivity contribution in [1.82, 2.24) is 15.3 Å². The standard InChI is InChI=1S/C15H23N5.2ClH/c16-15-19-13-7-9-17-8-6-12(13)14(20-15)18-10-11-4-2-1-3-5-11;;/h4,17H,1-3,5-10H2,(H3,16,18,19,20);2*1H. The van der Waals surface area contributed by atoms with Crippen LogP contribution in [0.1, 0.15) is 36.9 Å². The molecule has 0 saturated heterocycles. The molecule has 1 aliphatic carbocycles. The van der Waals surface area contributed by atoms with Gasteiger partial charge in [-0.3, -0.25) is 0 Å². The maximum Gasteiger partial charge on any atom is 0.222 e. The second-order valence-corrected chi connectivity index (χ2v) is 5.57. The molecular weight excluding hydrogens is 321 g/mol. The van der Waals surface area contributed by atoms with E-state index >= 15 is 0 Å². The predicted molar refractivity (Wildman–Crippen MR) is 96.3 cm³/mol. The van der Waals surface area contributed by atoms with Crippen molar-refractivity contribution in [3.05, 3.63) is 22.9 Å². The van der Waals surface area contributed by atoms with E-state index in [2.05, 4.69) is 26.7 Å². The molecule has 124 valence electrons. The third-order valence-corrected chi connectivity index (χ3v) is 4.07. The molecule has 3 rings (SSSR count). The minimum absolute atomic E-state index is 0. The number of nitrogens with two attached hydrogens (primary N) is 1. The molecule has 0 spiro atoms. The number of rotatable bonds is 3. The van der Waals surface area contributed by atoms with Gasteiger partial charge < -0.3 is 16.4 Å². The smallest absolute Gasteiger partial charge is 0.222 e. The molecule has 0 aromatic carbocycles. The number of halogens is 2. The third kappa shape index (κ3) is 4.73. The van der Waals surface area contributed by atoms with E-state index in [1.165, 1.54) is 36.8 Å². The molecule has 7 heteroatoms. The SMILES string of the molecule is Cl.Cl.Nc1nc2c(c(NCC3=CCCCC3)n1)CCNCC2. The van der Waals surface area contributed by atoms with E-state index in [1.54, 1.807) is 0 Å². The Bertz CT molecular complexity index is 519. The van der Waals surface area contributed by atoms with E-state index in [0.717, 1.165) is 44.0 Å². The first-order valence-electron chi connectivity index (χ1n) is 7.60. The van der Waals surface area contributed by atoms with Crippen LogP contribution in [0.25, 0.3) is 0 Å². The summed E-state index contributed by atoms with van der Waals surface area (Å²) in [6.45, 7) is 2.84. The van der Waals surface area contributed by atoms with Gasteiger partial charge in [-0.1, -0.05) is 11.6 Å². The van der Waals surface area contributed by atoms with E-state index in [1.807, 2.05) is 0 Å². The van der Waals surface area contributed by atoms with Crippen LogP contribution >= 0.6 is 24.8 Å². The number of nitrogens with one attached hydrogen (secondary N) is 2. The fourth-order valence-electron chi connectivity index (χ4n) is 2.97. The van der Waals surface area contributed by atoms with Gasteiger partial charge in [0.05, 0.1) is 5.69 Å². The van der Waals surface area contributed by atoms with Crippen molar-refractivity contribution in [1.29, 1.82) is 0 Å². The second-order valence-electron chi connectivity index (χ2n) is 5.57. The largest absolute Gasteiger partial charge is 0.368 e. The average molecular weight is 346 g/mol. The zero-order valence-electron chi connectivity index (χ0n) is 12.7. The van der Waals surface area contributed by atoms with Crippen molar-refractivity contribution in [2.24, 2.45) is 0 Å². The van der Waals surface area contributed by atoms with Crippen molar-refractivity contribution < 1.29 is 0 Å². The number of nitrogens with zero attached hydrogens (tertiary/aromatic N) is 2. The lowest BCUT2D eigenvalue weighted by molar-refractivity contribution is 0.694. The molecule has 0 radical (unpaired) electrons. The van der Waals surface area contributed by atoms with Gasteiger partial charge in [0.1, 0.15) is 5.82 Å². The fourth-order valence-corrected chi connectivity index (χ4v) is 2.97. The van der Waals surface area contributed by atoms with Gasteiger partial charge in [-0.05, 0) is 38.6 Å². The van der Waals surface area contributed by atoms with Gasteiger partial charge in [-0.2, -0.15) is 4.98 Å². The molecule has 22 heavy (non-hydrogen) atoms. The Morgan fingerprint density at radius 1 is 1.09 bits per heavy atom. The number of hydrogen-bond donors (Lipinski definition) is 3. The van der Waals surface area contributed by atoms with Gasteiger partial charge in [0, 0.05) is 25.1 Å².